The van der Waals surface area contributed by atoms with Gasteiger partial charge in [0.25, 0.3) is 0 Å². The van der Waals surface area contributed by atoms with E-state index < -0.39 is 0 Å². The monoisotopic (exact) mass is 306 g/mol. The van der Waals surface area contributed by atoms with Gasteiger partial charge in [-0.05, 0) is 36.0 Å². The standard InChI is InChI=1S/C18H18N4O/c23-17(10-14-7-6-13-4-1-2-5-16(13)14)20-11-15-12-21-22-9-3-8-19-18(15)22/h1-5,8-9,12,14H,6-7,10-11H2,(H,20,23)/t14-/m0/s1. The van der Waals surface area contributed by atoms with Gasteiger partial charge in [0.1, 0.15) is 0 Å². The van der Waals surface area contributed by atoms with Gasteiger partial charge in [-0.15, -0.1) is 0 Å². The zero-order chi connectivity index (χ0) is 15.6. The van der Waals surface area contributed by atoms with Gasteiger partial charge in [-0.1, -0.05) is 24.3 Å². The number of aryl methyl sites for hydroxylation is 1. The Bertz CT molecular complexity index is 855. The summed E-state index contributed by atoms with van der Waals surface area (Å²) in [4.78, 5) is 16.6. The maximum absolute atomic E-state index is 12.3. The largest absolute Gasteiger partial charge is 0.352 e. The number of hydrogen-bond donors (Lipinski definition) is 1. The summed E-state index contributed by atoms with van der Waals surface area (Å²) in [7, 11) is 0. The van der Waals surface area contributed by atoms with Gasteiger partial charge in [0, 0.05) is 30.9 Å². The fourth-order valence-electron chi connectivity index (χ4n) is 3.35. The maximum atomic E-state index is 12.3. The van der Waals surface area contributed by atoms with Gasteiger partial charge < -0.3 is 5.32 Å². The minimum absolute atomic E-state index is 0.0852. The molecule has 1 N–H and O–H groups in total. The van der Waals surface area contributed by atoms with E-state index in [9.17, 15) is 4.79 Å². The summed E-state index contributed by atoms with van der Waals surface area (Å²) < 4.78 is 1.72. The number of fused-ring (bicyclic) bond motifs is 2. The molecule has 4 rings (SSSR count). The van der Waals surface area contributed by atoms with Crippen LogP contribution in [0.4, 0.5) is 0 Å². The molecule has 1 aliphatic rings. The first-order chi connectivity index (χ1) is 11.3. The number of hydrogen-bond acceptors (Lipinski definition) is 3. The van der Waals surface area contributed by atoms with Crippen molar-refractivity contribution in [1.82, 2.24) is 19.9 Å². The van der Waals surface area contributed by atoms with Gasteiger partial charge in [0.05, 0.1) is 6.20 Å². The van der Waals surface area contributed by atoms with E-state index in [0.717, 1.165) is 24.1 Å². The highest BCUT2D eigenvalue weighted by molar-refractivity contribution is 5.77. The number of carbonyl (C=O) groups excluding carboxylic acids is 1. The molecular formula is C18H18N4O. The third-order valence-electron chi connectivity index (χ3n) is 4.52. The Balaban J connectivity index is 1.40. The molecule has 1 amide bonds. The molecule has 5 nitrogen and oxygen atoms in total. The highest BCUT2D eigenvalue weighted by Crippen LogP contribution is 2.35. The smallest absolute Gasteiger partial charge is 0.220 e. The van der Waals surface area contributed by atoms with Crippen molar-refractivity contribution in [2.75, 3.05) is 0 Å². The van der Waals surface area contributed by atoms with Crippen molar-refractivity contribution in [2.45, 2.75) is 31.7 Å². The van der Waals surface area contributed by atoms with Crippen LogP contribution >= 0.6 is 0 Å². The predicted molar refractivity (Wildman–Crippen MR) is 87.0 cm³/mol. The van der Waals surface area contributed by atoms with Crippen molar-refractivity contribution in [2.24, 2.45) is 0 Å². The van der Waals surface area contributed by atoms with Gasteiger partial charge in [0.2, 0.25) is 5.91 Å². The lowest BCUT2D eigenvalue weighted by Gasteiger charge is -2.11. The fraction of sp³-hybridized carbons (Fsp3) is 0.278. The Morgan fingerprint density at radius 2 is 2.22 bits per heavy atom. The summed E-state index contributed by atoms with van der Waals surface area (Å²) in [6.45, 7) is 0.466. The molecule has 23 heavy (non-hydrogen) atoms. The zero-order valence-corrected chi connectivity index (χ0v) is 12.8. The highest BCUT2D eigenvalue weighted by atomic mass is 16.1. The second kappa shape index (κ2) is 5.83. The first kappa shape index (κ1) is 13.9. The predicted octanol–water partition coefficient (Wildman–Crippen LogP) is 2.47. The summed E-state index contributed by atoms with van der Waals surface area (Å²) in [5.74, 6) is 0.426. The molecular weight excluding hydrogens is 288 g/mol. The van der Waals surface area contributed by atoms with Crippen molar-refractivity contribution >= 4 is 11.6 Å². The summed E-state index contributed by atoms with van der Waals surface area (Å²) in [6, 6.07) is 10.3. The zero-order valence-electron chi connectivity index (χ0n) is 12.8. The van der Waals surface area contributed by atoms with E-state index in [4.69, 9.17) is 0 Å². The number of amides is 1. The van der Waals surface area contributed by atoms with Crippen LogP contribution in [-0.2, 0) is 17.8 Å². The van der Waals surface area contributed by atoms with Crippen molar-refractivity contribution in [3.8, 4) is 0 Å². The molecule has 5 heteroatoms. The lowest BCUT2D eigenvalue weighted by molar-refractivity contribution is -0.121. The highest BCUT2D eigenvalue weighted by Gasteiger charge is 2.24. The van der Waals surface area contributed by atoms with E-state index in [1.807, 2.05) is 12.3 Å². The second-order valence-corrected chi connectivity index (χ2v) is 5.97. The molecule has 0 saturated heterocycles. The van der Waals surface area contributed by atoms with Gasteiger partial charge in [0.15, 0.2) is 5.65 Å². The molecule has 0 saturated carbocycles. The summed E-state index contributed by atoms with van der Waals surface area (Å²) in [5.41, 5.74) is 4.45. The third kappa shape index (κ3) is 2.70. The van der Waals surface area contributed by atoms with E-state index in [1.54, 1.807) is 16.9 Å². The molecule has 0 spiro atoms. The van der Waals surface area contributed by atoms with Gasteiger partial charge >= 0.3 is 0 Å². The van der Waals surface area contributed by atoms with Crippen LogP contribution in [0.15, 0.2) is 48.9 Å². The van der Waals surface area contributed by atoms with Crippen molar-refractivity contribution in [1.29, 1.82) is 0 Å². The number of rotatable bonds is 4. The lowest BCUT2D eigenvalue weighted by atomic mass is 9.97. The van der Waals surface area contributed by atoms with Gasteiger partial charge in [-0.2, -0.15) is 5.10 Å². The van der Waals surface area contributed by atoms with Crippen LogP contribution in [0.5, 0.6) is 0 Å². The number of nitrogens with one attached hydrogen (secondary N) is 1. The SMILES string of the molecule is O=C(C[C@@H]1CCc2ccccc21)NCc1cnn2cccnc12. The quantitative estimate of drug-likeness (QED) is 0.805. The molecule has 1 aliphatic carbocycles. The Kier molecular flexibility index (Phi) is 3.54. The van der Waals surface area contributed by atoms with Crippen LogP contribution in [0.3, 0.4) is 0 Å². The van der Waals surface area contributed by atoms with Crippen LogP contribution < -0.4 is 5.32 Å². The van der Waals surface area contributed by atoms with Crippen molar-refractivity contribution in [3.63, 3.8) is 0 Å². The van der Waals surface area contributed by atoms with E-state index >= 15 is 0 Å². The number of benzene rings is 1. The molecule has 0 aliphatic heterocycles. The molecule has 2 heterocycles. The molecule has 1 aromatic carbocycles. The number of carbonyl (C=O) groups is 1. The minimum Gasteiger partial charge on any atom is -0.352 e. The molecule has 0 radical (unpaired) electrons. The molecule has 1 atom stereocenters. The van der Waals surface area contributed by atoms with Crippen LogP contribution in [0.2, 0.25) is 0 Å². The molecule has 2 aromatic heterocycles. The summed E-state index contributed by atoms with van der Waals surface area (Å²) in [5, 5.41) is 7.24. The van der Waals surface area contributed by atoms with Crippen LogP contribution in [0.25, 0.3) is 5.65 Å². The molecule has 0 fully saturated rings. The first-order valence-electron chi connectivity index (χ1n) is 7.93. The van der Waals surface area contributed by atoms with Crippen molar-refractivity contribution in [3.05, 3.63) is 65.6 Å². The van der Waals surface area contributed by atoms with Crippen LogP contribution in [0, 0.1) is 0 Å². The van der Waals surface area contributed by atoms with E-state index in [-0.39, 0.29) is 5.91 Å². The average Bonchev–Trinajstić information content (AvgIpc) is 3.18. The molecule has 3 aromatic rings. The Morgan fingerprint density at radius 3 is 3.17 bits per heavy atom. The number of nitrogens with zero attached hydrogens (tertiary/aromatic N) is 3. The Labute approximate surface area is 134 Å². The van der Waals surface area contributed by atoms with Gasteiger partial charge in [-0.25, -0.2) is 9.50 Å². The lowest BCUT2D eigenvalue weighted by Crippen LogP contribution is -2.24. The Hall–Kier alpha value is -2.69. The fourth-order valence-corrected chi connectivity index (χ4v) is 3.35. The van der Waals surface area contributed by atoms with Crippen LogP contribution in [-0.4, -0.2) is 20.5 Å². The van der Waals surface area contributed by atoms with Crippen molar-refractivity contribution < 1.29 is 4.79 Å². The molecule has 0 unspecified atom stereocenters. The van der Waals surface area contributed by atoms with E-state index in [2.05, 4.69) is 39.7 Å². The average molecular weight is 306 g/mol. The summed E-state index contributed by atoms with van der Waals surface area (Å²) >= 11 is 0. The maximum Gasteiger partial charge on any atom is 0.220 e. The second-order valence-electron chi connectivity index (χ2n) is 5.97. The topological polar surface area (TPSA) is 59.3 Å². The third-order valence-corrected chi connectivity index (χ3v) is 4.52. The molecule has 116 valence electrons. The summed E-state index contributed by atoms with van der Waals surface area (Å²) in [6.07, 6.45) is 8.02. The van der Waals surface area contributed by atoms with E-state index in [0.29, 0.717) is 18.9 Å². The minimum atomic E-state index is 0.0852. The number of aromatic nitrogens is 3. The Morgan fingerprint density at radius 1 is 1.30 bits per heavy atom. The normalized spacial score (nSPS) is 16.4. The molecule has 0 bridgehead atoms. The van der Waals surface area contributed by atoms with Gasteiger partial charge in [-0.3, -0.25) is 4.79 Å². The first-order valence-corrected chi connectivity index (χ1v) is 7.93. The van der Waals surface area contributed by atoms with E-state index in [1.165, 1.54) is 11.1 Å². The van der Waals surface area contributed by atoms with Crippen LogP contribution in [0.1, 0.15) is 35.4 Å².